The van der Waals surface area contributed by atoms with Crippen LogP contribution in [-0.4, -0.2) is 28.2 Å². The molecule has 0 saturated carbocycles. The molecule has 7 heteroatoms. The van der Waals surface area contributed by atoms with Gasteiger partial charge in [0, 0.05) is 11.4 Å². The van der Waals surface area contributed by atoms with Crippen LogP contribution in [0.2, 0.25) is 0 Å². The van der Waals surface area contributed by atoms with Crippen molar-refractivity contribution >= 4 is 19.4 Å². The fraction of sp³-hybridized carbons (Fsp3) is 0.409. The first-order valence-electron chi connectivity index (χ1n) is 9.93. The number of hydrogen-bond acceptors (Lipinski definition) is 4. The van der Waals surface area contributed by atoms with Crippen LogP contribution < -0.4 is 5.32 Å². The lowest BCUT2D eigenvalue weighted by Crippen LogP contribution is -2.15. The third-order valence-corrected chi connectivity index (χ3v) is 6.57. The van der Waals surface area contributed by atoms with Gasteiger partial charge in [-0.15, -0.1) is 11.8 Å². The van der Waals surface area contributed by atoms with Gasteiger partial charge in [-0.25, -0.2) is 0 Å². The molecule has 0 atom stereocenters. The summed E-state index contributed by atoms with van der Waals surface area (Å²) in [5, 5.41) is 12.6. The molecule has 0 aliphatic rings. The number of aryl methyl sites for hydroxylation is 1. The molecule has 2 rings (SSSR count). The maximum atomic E-state index is 10.8. The third kappa shape index (κ3) is 10.1. The van der Waals surface area contributed by atoms with E-state index in [-0.39, 0.29) is 6.16 Å². The minimum Gasteiger partial charge on any atom is -0.324 e. The molecule has 0 fully saturated rings. The number of unbranched alkanes of at least 4 members (excludes halogenated alkanes) is 2. The Balaban J connectivity index is 1.67. The lowest BCUT2D eigenvalue weighted by Gasteiger charge is -2.09. The van der Waals surface area contributed by atoms with Crippen LogP contribution in [0.4, 0.5) is 0 Å². The Labute approximate surface area is 177 Å². The van der Waals surface area contributed by atoms with Crippen LogP contribution in [0.5, 0.6) is 0 Å². The van der Waals surface area contributed by atoms with Crippen molar-refractivity contribution in [1.29, 1.82) is 5.26 Å². The fourth-order valence-electron chi connectivity index (χ4n) is 2.98. The van der Waals surface area contributed by atoms with Gasteiger partial charge in [-0.2, -0.15) is 5.26 Å². The van der Waals surface area contributed by atoms with Crippen LogP contribution in [-0.2, 0) is 17.5 Å². The van der Waals surface area contributed by atoms with E-state index in [1.54, 1.807) is 11.8 Å². The van der Waals surface area contributed by atoms with Crippen LogP contribution in [0.25, 0.3) is 0 Å². The van der Waals surface area contributed by atoms with Gasteiger partial charge in [-0.1, -0.05) is 42.8 Å². The van der Waals surface area contributed by atoms with Crippen molar-refractivity contribution in [2.45, 2.75) is 43.5 Å². The zero-order valence-electron chi connectivity index (χ0n) is 16.6. The summed E-state index contributed by atoms with van der Waals surface area (Å²) in [5.41, 5.74) is 3.08. The molecule has 156 valence electrons. The van der Waals surface area contributed by atoms with Gasteiger partial charge in [0.05, 0.1) is 11.7 Å². The third-order valence-electron chi connectivity index (χ3n) is 4.51. The first-order chi connectivity index (χ1) is 14.0. The molecule has 0 amide bonds. The molecular weight excluding hydrogens is 403 g/mol. The van der Waals surface area contributed by atoms with Crippen LogP contribution in [0.3, 0.4) is 0 Å². The Morgan fingerprint density at radius 3 is 2.52 bits per heavy atom. The van der Waals surface area contributed by atoms with Crippen LogP contribution >= 0.6 is 19.4 Å². The Hall–Kier alpha value is -1.61. The van der Waals surface area contributed by atoms with E-state index in [1.165, 1.54) is 18.4 Å². The van der Waals surface area contributed by atoms with E-state index < -0.39 is 7.60 Å². The Bertz CT molecular complexity index is 834. The number of nitrogens with one attached hydrogen (secondary N) is 1. The smallest absolute Gasteiger partial charge is 0.324 e. The van der Waals surface area contributed by atoms with E-state index in [1.807, 2.05) is 24.3 Å². The summed E-state index contributed by atoms with van der Waals surface area (Å²) >= 11 is 1.73. The molecule has 2 aromatic rings. The summed E-state index contributed by atoms with van der Waals surface area (Å²) in [6.07, 6.45) is 4.93. The Morgan fingerprint density at radius 1 is 1.00 bits per heavy atom. The van der Waals surface area contributed by atoms with Gasteiger partial charge in [-0.3, -0.25) is 4.57 Å². The van der Waals surface area contributed by atoms with Crippen molar-refractivity contribution in [1.82, 2.24) is 5.32 Å². The molecule has 0 radical (unpaired) electrons. The topological polar surface area (TPSA) is 93.4 Å². The highest BCUT2D eigenvalue weighted by Gasteiger charge is 2.11. The predicted octanol–water partition coefficient (Wildman–Crippen LogP) is 4.72. The molecule has 2 aromatic carbocycles. The molecule has 29 heavy (non-hydrogen) atoms. The maximum Gasteiger partial charge on any atom is 0.325 e. The Kier molecular flexibility index (Phi) is 10.5. The second kappa shape index (κ2) is 12.8. The van der Waals surface area contributed by atoms with E-state index in [0.29, 0.717) is 25.1 Å². The summed E-state index contributed by atoms with van der Waals surface area (Å²) in [7, 11) is -3.92. The van der Waals surface area contributed by atoms with Gasteiger partial charge >= 0.3 is 7.60 Å². The lowest BCUT2D eigenvalue weighted by atomic mass is 10.1. The predicted molar refractivity (Wildman–Crippen MR) is 119 cm³/mol. The molecule has 0 spiro atoms. The number of hydrogen-bond donors (Lipinski definition) is 3. The molecule has 0 aliphatic carbocycles. The quantitative estimate of drug-likeness (QED) is 0.241. The maximum absolute atomic E-state index is 10.8. The highest BCUT2D eigenvalue weighted by Crippen LogP contribution is 2.34. The molecule has 0 aliphatic heterocycles. The van der Waals surface area contributed by atoms with Crippen LogP contribution in [0.1, 0.15) is 42.4 Å². The number of nitrogens with zero attached hydrogens (tertiary/aromatic N) is 1. The van der Waals surface area contributed by atoms with E-state index in [2.05, 4.69) is 35.7 Å². The molecule has 0 aromatic heterocycles. The van der Waals surface area contributed by atoms with Gasteiger partial charge in [0.15, 0.2) is 0 Å². The summed E-state index contributed by atoms with van der Waals surface area (Å²) in [4.78, 5) is 18.7. The largest absolute Gasteiger partial charge is 0.325 e. The molecule has 0 heterocycles. The minimum absolute atomic E-state index is 0.107. The molecule has 0 unspecified atom stereocenters. The van der Waals surface area contributed by atoms with Gasteiger partial charge in [0.1, 0.15) is 6.07 Å². The summed E-state index contributed by atoms with van der Waals surface area (Å²) in [6.45, 7) is 1.12. The first kappa shape index (κ1) is 23.7. The number of nitriles is 1. The molecule has 5 nitrogen and oxygen atoms in total. The lowest BCUT2D eigenvalue weighted by molar-refractivity contribution is 0.371. The average Bonchev–Trinajstić information content (AvgIpc) is 2.70. The Morgan fingerprint density at radius 2 is 1.79 bits per heavy atom. The second-order valence-electron chi connectivity index (χ2n) is 7.01. The van der Waals surface area contributed by atoms with Gasteiger partial charge in [0.25, 0.3) is 0 Å². The van der Waals surface area contributed by atoms with Crippen LogP contribution in [0.15, 0.2) is 53.4 Å². The van der Waals surface area contributed by atoms with Gasteiger partial charge < -0.3 is 15.1 Å². The van der Waals surface area contributed by atoms with Crippen molar-refractivity contribution in [3.05, 3.63) is 65.2 Å². The fourth-order valence-corrected chi connectivity index (χ4v) is 4.54. The van der Waals surface area contributed by atoms with Crippen molar-refractivity contribution in [2.75, 3.05) is 18.5 Å². The standard InChI is InChI=1S/C22H29N2O3PS/c23-17-21-16-20(18-24-13-7-14-28(25,26)27)11-12-22(21)29-15-6-2-5-10-19-8-3-1-4-9-19/h1,3-4,8-9,11-12,16,24H,2,5-7,10,13-15,18H2,(H2,25,26,27). The molecular formula is C22H29N2O3PS. The molecule has 0 saturated heterocycles. The summed E-state index contributed by atoms with van der Waals surface area (Å²) in [6, 6.07) is 18.7. The first-order valence-corrected chi connectivity index (χ1v) is 12.7. The minimum atomic E-state index is -3.92. The summed E-state index contributed by atoms with van der Waals surface area (Å²) < 4.78 is 10.8. The van der Waals surface area contributed by atoms with Crippen molar-refractivity contribution in [3.8, 4) is 6.07 Å². The molecule has 0 bridgehead atoms. The zero-order chi connectivity index (χ0) is 21.0. The highest BCUT2D eigenvalue weighted by atomic mass is 32.2. The number of benzene rings is 2. The zero-order valence-corrected chi connectivity index (χ0v) is 18.3. The van der Waals surface area contributed by atoms with Gasteiger partial charge in [0.2, 0.25) is 0 Å². The van der Waals surface area contributed by atoms with E-state index in [4.69, 9.17) is 9.79 Å². The van der Waals surface area contributed by atoms with Gasteiger partial charge in [-0.05, 0) is 61.2 Å². The van der Waals surface area contributed by atoms with Crippen molar-refractivity contribution < 1.29 is 14.4 Å². The number of thioether (sulfide) groups is 1. The normalized spacial score (nSPS) is 11.3. The van der Waals surface area contributed by atoms with E-state index in [0.717, 1.165) is 29.1 Å². The number of rotatable bonds is 13. The van der Waals surface area contributed by atoms with Crippen molar-refractivity contribution in [3.63, 3.8) is 0 Å². The average molecular weight is 433 g/mol. The van der Waals surface area contributed by atoms with Crippen LogP contribution in [0, 0.1) is 11.3 Å². The highest BCUT2D eigenvalue weighted by molar-refractivity contribution is 7.99. The second-order valence-corrected chi connectivity index (χ2v) is 9.92. The van der Waals surface area contributed by atoms with Crippen molar-refractivity contribution in [2.24, 2.45) is 0 Å². The SMILES string of the molecule is N#Cc1cc(CNCCCP(=O)(O)O)ccc1SCCCCCc1ccccc1. The van der Waals surface area contributed by atoms with E-state index in [9.17, 15) is 9.83 Å². The molecule has 3 N–H and O–H groups in total. The summed E-state index contributed by atoms with van der Waals surface area (Å²) in [5.74, 6) is 1.00. The van der Waals surface area contributed by atoms with E-state index >= 15 is 0 Å². The monoisotopic (exact) mass is 432 g/mol.